The summed E-state index contributed by atoms with van der Waals surface area (Å²) in [5.74, 6) is 2.72. The number of hydrogen-bond acceptors (Lipinski definition) is 2. The van der Waals surface area contributed by atoms with Crippen LogP contribution < -0.4 is 0 Å². The van der Waals surface area contributed by atoms with Crippen molar-refractivity contribution in [2.24, 2.45) is 0 Å². The van der Waals surface area contributed by atoms with Crippen LogP contribution in [-0.4, -0.2) is 17.1 Å². The highest BCUT2D eigenvalue weighted by atomic mass is 16.5. The van der Waals surface area contributed by atoms with Crippen molar-refractivity contribution in [1.82, 2.24) is 4.57 Å². The van der Waals surface area contributed by atoms with E-state index in [1.54, 1.807) is 11.5 Å². The molecule has 0 unspecified atom stereocenters. The number of carbonyl (C=O) groups is 1. The van der Waals surface area contributed by atoms with E-state index in [0.717, 1.165) is 16.5 Å². The maximum atomic E-state index is 12.1. The van der Waals surface area contributed by atoms with Crippen LogP contribution in [0.5, 0.6) is 0 Å². The van der Waals surface area contributed by atoms with Gasteiger partial charge in [0.25, 0.3) is 0 Å². The summed E-state index contributed by atoms with van der Waals surface area (Å²) in [5.41, 5.74) is 2.25. The van der Waals surface area contributed by atoms with E-state index in [4.69, 9.17) is 4.74 Å². The maximum absolute atomic E-state index is 12.1. The van der Waals surface area contributed by atoms with Crippen LogP contribution in [0.3, 0.4) is 0 Å². The summed E-state index contributed by atoms with van der Waals surface area (Å²) >= 11 is 0. The van der Waals surface area contributed by atoms with Crippen LogP contribution in [0.4, 0.5) is 0 Å². The van der Waals surface area contributed by atoms with Crippen molar-refractivity contribution in [3.63, 3.8) is 0 Å². The van der Waals surface area contributed by atoms with Crippen LogP contribution in [0.25, 0.3) is 10.9 Å². The van der Waals surface area contributed by atoms with Gasteiger partial charge in [-0.3, -0.25) is 4.57 Å². The zero-order chi connectivity index (χ0) is 15.4. The molecule has 0 saturated carbocycles. The van der Waals surface area contributed by atoms with Gasteiger partial charge in [0.05, 0.1) is 12.1 Å². The number of nitrogens with zero attached hydrogens (tertiary/aromatic N) is 1. The van der Waals surface area contributed by atoms with Gasteiger partial charge >= 0.3 is 5.97 Å². The van der Waals surface area contributed by atoms with Crippen LogP contribution in [0.2, 0.25) is 0 Å². The summed E-state index contributed by atoms with van der Waals surface area (Å²) in [6.07, 6.45) is 0. The molecule has 3 aromatic rings. The van der Waals surface area contributed by atoms with Gasteiger partial charge < -0.3 is 4.74 Å². The van der Waals surface area contributed by atoms with Crippen LogP contribution in [-0.2, 0) is 4.74 Å². The van der Waals surface area contributed by atoms with Crippen molar-refractivity contribution < 1.29 is 9.53 Å². The summed E-state index contributed by atoms with van der Waals surface area (Å²) in [6, 6.07) is 22.3. The normalized spacial score (nSPS) is 10.0. The highest BCUT2D eigenvalue weighted by Gasteiger charge is 2.15. The van der Waals surface area contributed by atoms with E-state index in [0.29, 0.717) is 12.3 Å². The van der Waals surface area contributed by atoms with E-state index in [1.807, 2.05) is 60.7 Å². The maximum Gasteiger partial charge on any atom is 0.355 e. The number of fused-ring (bicyclic) bond motifs is 1. The van der Waals surface area contributed by atoms with E-state index in [2.05, 4.69) is 12.0 Å². The lowest BCUT2D eigenvalue weighted by Gasteiger charge is -2.02. The number of ether oxygens (including phenoxy) is 1. The molecule has 0 fully saturated rings. The minimum atomic E-state index is -0.360. The van der Waals surface area contributed by atoms with E-state index in [-0.39, 0.29) is 5.97 Å². The topological polar surface area (TPSA) is 31.2 Å². The van der Waals surface area contributed by atoms with Crippen molar-refractivity contribution in [3.05, 3.63) is 71.9 Å². The molecule has 0 atom stereocenters. The Kier molecular flexibility index (Phi) is 3.93. The second-order valence-corrected chi connectivity index (χ2v) is 4.75. The second kappa shape index (κ2) is 6.19. The molecule has 3 heteroatoms. The zero-order valence-electron chi connectivity index (χ0n) is 12.2. The molecular weight excluding hydrogens is 274 g/mol. The molecule has 0 radical (unpaired) electrons. The second-order valence-electron chi connectivity index (χ2n) is 4.75. The van der Waals surface area contributed by atoms with Crippen molar-refractivity contribution in [2.75, 3.05) is 6.61 Å². The minimum Gasteiger partial charge on any atom is -0.461 e. The zero-order valence-corrected chi connectivity index (χ0v) is 12.2. The highest BCUT2D eigenvalue weighted by molar-refractivity contribution is 5.96. The number of carbonyl (C=O) groups excluding carboxylic acids is 1. The van der Waals surface area contributed by atoms with Gasteiger partial charge in [-0.05, 0) is 37.1 Å². The Morgan fingerprint density at radius 1 is 1.09 bits per heavy atom. The lowest BCUT2D eigenvalue weighted by atomic mass is 10.2. The third-order valence-electron chi connectivity index (χ3n) is 3.28. The Morgan fingerprint density at radius 2 is 1.82 bits per heavy atom. The molecule has 0 aliphatic rings. The van der Waals surface area contributed by atoms with E-state index in [9.17, 15) is 4.79 Å². The summed E-state index contributed by atoms with van der Waals surface area (Å²) in [6.45, 7) is 2.13. The number of benzene rings is 2. The van der Waals surface area contributed by atoms with E-state index in [1.165, 1.54) is 0 Å². The smallest absolute Gasteiger partial charge is 0.355 e. The number of rotatable bonds is 2. The molecule has 22 heavy (non-hydrogen) atoms. The van der Waals surface area contributed by atoms with Crippen LogP contribution in [0, 0.1) is 12.0 Å². The molecule has 0 aliphatic heterocycles. The molecule has 3 rings (SSSR count). The van der Waals surface area contributed by atoms with Crippen molar-refractivity contribution in [2.45, 2.75) is 6.92 Å². The summed E-state index contributed by atoms with van der Waals surface area (Å²) in [5, 5.41) is 0.966. The molecule has 0 spiro atoms. The monoisotopic (exact) mass is 289 g/mol. The first-order valence-electron chi connectivity index (χ1n) is 7.14. The molecule has 0 amide bonds. The Hall–Kier alpha value is -2.99. The largest absolute Gasteiger partial charge is 0.461 e. The Bertz CT molecular complexity index is 867. The average Bonchev–Trinajstić information content (AvgIpc) is 2.93. The molecule has 2 aromatic carbocycles. The number of aromatic nitrogens is 1. The van der Waals surface area contributed by atoms with Crippen molar-refractivity contribution in [1.29, 1.82) is 0 Å². The van der Waals surface area contributed by atoms with Crippen molar-refractivity contribution in [3.8, 4) is 12.0 Å². The first-order valence-corrected chi connectivity index (χ1v) is 7.14. The standard InChI is InChI=1S/C19H15NO2/c1-2-22-19(21)18-14-16-10-6-7-11-17(16)20(18)13-12-15-8-4-3-5-9-15/h3-11,14H,2H2,1H3. The lowest BCUT2D eigenvalue weighted by molar-refractivity contribution is 0.0518. The molecule has 3 nitrogen and oxygen atoms in total. The fraction of sp³-hybridized carbons (Fsp3) is 0.105. The average molecular weight is 289 g/mol. The molecule has 0 N–H and O–H groups in total. The Labute approximate surface area is 129 Å². The van der Waals surface area contributed by atoms with Gasteiger partial charge in [-0.2, -0.15) is 0 Å². The van der Waals surface area contributed by atoms with E-state index >= 15 is 0 Å². The predicted octanol–water partition coefficient (Wildman–Crippen LogP) is 3.68. The number of para-hydroxylation sites is 1. The number of hydrogen-bond donors (Lipinski definition) is 0. The van der Waals surface area contributed by atoms with Gasteiger partial charge in [0.15, 0.2) is 0 Å². The third kappa shape index (κ3) is 2.72. The summed E-state index contributed by atoms with van der Waals surface area (Å²) < 4.78 is 6.82. The first kappa shape index (κ1) is 14.0. The Balaban J connectivity index is 2.12. The van der Waals surface area contributed by atoms with Gasteiger partial charge in [-0.15, -0.1) is 0 Å². The molecular formula is C19H15NO2. The van der Waals surface area contributed by atoms with Gasteiger partial charge in [0, 0.05) is 17.0 Å². The lowest BCUT2D eigenvalue weighted by Crippen LogP contribution is -2.09. The first-order chi connectivity index (χ1) is 10.8. The molecule has 1 aromatic heterocycles. The SMILES string of the molecule is CCOC(=O)c1cc2ccccc2n1C#Cc1ccccc1. The van der Waals surface area contributed by atoms with Gasteiger partial charge in [0.1, 0.15) is 5.69 Å². The van der Waals surface area contributed by atoms with Crippen LogP contribution in [0.1, 0.15) is 23.0 Å². The van der Waals surface area contributed by atoms with Gasteiger partial charge in [-0.1, -0.05) is 36.4 Å². The van der Waals surface area contributed by atoms with Gasteiger partial charge in [0.2, 0.25) is 0 Å². The van der Waals surface area contributed by atoms with Gasteiger partial charge in [-0.25, -0.2) is 4.79 Å². The third-order valence-corrected chi connectivity index (χ3v) is 3.28. The summed E-state index contributed by atoms with van der Waals surface area (Å²) in [4.78, 5) is 12.1. The predicted molar refractivity (Wildman–Crippen MR) is 86.6 cm³/mol. The minimum absolute atomic E-state index is 0.340. The van der Waals surface area contributed by atoms with Crippen molar-refractivity contribution >= 4 is 16.9 Å². The number of esters is 1. The van der Waals surface area contributed by atoms with Crippen LogP contribution in [0.15, 0.2) is 60.7 Å². The molecule has 0 aliphatic carbocycles. The fourth-order valence-electron chi connectivity index (χ4n) is 2.27. The Morgan fingerprint density at radius 3 is 2.59 bits per heavy atom. The van der Waals surface area contributed by atoms with E-state index < -0.39 is 0 Å². The fourth-order valence-corrected chi connectivity index (χ4v) is 2.27. The molecule has 0 bridgehead atoms. The molecule has 0 saturated heterocycles. The summed E-state index contributed by atoms with van der Waals surface area (Å²) in [7, 11) is 0. The molecule has 108 valence electrons. The highest BCUT2D eigenvalue weighted by Crippen LogP contribution is 2.19. The van der Waals surface area contributed by atoms with Crippen LogP contribution >= 0.6 is 0 Å². The molecule has 1 heterocycles. The quantitative estimate of drug-likeness (QED) is 0.532.